The molecule has 3 unspecified atom stereocenters. The Bertz CT molecular complexity index is 921. The van der Waals surface area contributed by atoms with Crippen LogP contribution in [-0.4, -0.2) is 5.78 Å². The minimum absolute atomic E-state index is 0.0680. The first-order valence-corrected chi connectivity index (χ1v) is 10.6. The van der Waals surface area contributed by atoms with Gasteiger partial charge in [-0.2, -0.15) is 0 Å². The summed E-state index contributed by atoms with van der Waals surface area (Å²) >= 11 is 0. The molecule has 0 aliphatic heterocycles. The van der Waals surface area contributed by atoms with Gasteiger partial charge >= 0.3 is 0 Å². The fourth-order valence-electron chi connectivity index (χ4n) is 6.20. The second kappa shape index (κ2) is 6.72. The van der Waals surface area contributed by atoms with Gasteiger partial charge in [0.05, 0.1) is 0 Å². The molecule has 0 saturated heterocycles. The van der Waals surface area contributed by atoms with E-state index in [1.54, 1.807) is 12.1 Å². The average molecular weight is 378 g/mol. The number of ether oxygens (including phenoxy) is 1. The molecule has 4 atom stereocenters. The Morgan fingerprint density at radius 3 is 2.82 bits per heavy atom. The van der Waals surface area contributed by atoms with Gasteiger partial charge in [-0.15, -0.1) is 0 Å². The lowest BCUT2D eigenvalue weighted by atomic mass is 9.55. The monoisotopic (exact) mass is 378 g/mol. The van der Waals surface area contributed by atoms with Crippen molar-refractivity contribution in [2.75, 3.05) is 0 Å². The highest BCUT2D eigenvalue weighted by Gasteiger charge is 2.54. The molecule has 2 aromatic carbocycles. The highest BCUT2D eigenvalue weighted by molar-refractivity contribution is 5.87. The number of rotatable bonds is 3. The van der Waals surface area contributed by atoms with Crippen LogP contribution in [0.5, 0.6) is 5.75 Å². The predicted octanol–water partition coefficient (Wildman–Crippen LogP) is 5.83. The molecule has 5 rings (SSSR count). The summed E-state index contributed by atoms with van der Waals surface area (Å²) in [7, 11) is 0. The fourth-order valence-corrected chi connectivity index (χ4v) is 6.20. The van der Waals surface area contributed by atoms with Gasteiger partial charge in [-0.25, -0.2) is 4.39 Å². The maximum atomic E-state index is 13.8. The van der Waals surface area contributed by atoms with Gasteiger partial charge in [-0.3, -0.25) is 4.79 Å². The molecular formula is C25H27FO2. The Morgan fingerprint density at radius 2 is 1.96 bits per heavy atom. The number of fused-ring (bicyclic) bond motifs is 5. The fraction of sp³-hybridized carbons (Fsp3) is 0.480. The SMILES string of the molecule is C[C@]12CCC3c4ccc(OCc5ccccc5F)cc4CCC3C1CCC2=O. The molecule has 2 aromatic rings. The van der Waals surface area contributed by atoms with E-state index < -0.39 is 0 Å². The number of hydrogen-bond donors (Lipinski definition) is 0. The molecule has 28 heavy (non-hydrogen) atoms. The summed E-state index contributed by atoms with van der Waals surface area (Å²) in [5, 5.41) is 0. The van der Waals surface area contributed by atoms with Crippen LogP contribution in [-0.2, 0) is 17.8 Å². The molecule has 2 saturated carbocycles. The molecule has 3 aliphatic carbocycles. The molecule has 2 fully saturated rings. The van der Waals surface area contributed by atoms with E-state index in [4.69, 9.17) is 4.74 Å². The lowest BCUT2D eigenvalue weighted by molar-refractivity contribution is -0.129. The van der Waals surface area contributed by atoms with Gasteiger partial charge < -0.3 is 4.74 Å². The number of ketones is 1. The molecule has 3 aliphatic rings. The highest BCUT2D eigenvalue weighted by atomic mass is 19.1. The first-order chi connectivity index (χ1) is 13.6. The van der Waals surface area contributed by atoms with Crippen molar-refractivity contribution in [3.8, 4) is 5.75 Å². The topological polar surface area (TPSA) is 26.3 Å². The van der Waals surface area contributed by atoms with Gasteiger partial charge in [0, 0.05) is 17.4 Å². The zero-order valence-corrected chi connectivity index (χ0v) is 16.4. The number of benzene rings is 2. The minimum atomic E-state index is -0.223. The normalized spacial score (nSPS) is 31.1. The molecule has 146 valence electrons. The van der Waals surface area contributed by atoms with Crippen molar-refractivity contribution in [2.45, 2.75) is 58.0 Å². The van der Waals surface area contributed by atoms with Crippen molar-refractivity contribution in [2.24, 2.45) is 17.3 Å². The molecule has 0 bridgehead atoms. The van der Waals surface area contributed by atoms with Crippen LogP contribution in [0.15, 0.2) is 42.5 Å². The molecule has 0 N–H and O–H groups in total. The standard InChI is InChI=1S/C25H27FO2/c1-25-13-12-20-19-9-7-18(28-15-17-4-2-3-5-23(17)26)14-16(19)6-8-21(20)22(25)10-11-24(25)27/h2-5,7,9,14,20-22H,6,8,10-13,15H2,1H3/t20?,21?,22?,25-/m0/s1. The summed E-state index contributed by atoms with van der Waals surface area (Å²) in [5.74, 6) is 2.87. The minimum Gasteiger partial charge on any atom is -0.489 e. The van der Waals surface area contributed by atoms with Crippen LogP contribution in [0.4, 0.5) is 4.39 Å². The van der Waals surface area contributed by atoms with Crippen LogP contribution in [0.3, 0.4) is 0 Å². The third kappa shape index (κ3) is 2.78. The Balaban J connectivity index is 1.35. The zero-order chi connectivity index (χ0) is 19.3. The largest absolute Gasteiger partial charge is 0.489 e. The predicted molar refractivity (Wildman–Crippen MR) is 107 cm³/mol. The van der Waals surface area contributed by atoms with Gasteiger partial charge in [0.25, 0.3) is 0 Å². The van der Waals surface area contributed by atoms with Gasteiger partial charge in [0.2, 0.25) is 0 Å². The summed E-state index contributed by atoms with van der Waals surface area (Å²) < 4.78 is 19.7. The van der Waals surface area contributed by atoms with E-state index in [1.807, 2.05) is 12.1 Å². The number of hydrogen-bond acceptors (Lipinski definition) is 2. The summed E-state index contributed by atoms with van der Waals surface area (Å²) in [4.78, 5) is 12.5. The average Bonchev–Trinajstić information content (AvgIpc) is 3.02. The van der Waals surface area contributed by atoms with E-state index in [-0.39, 0.29) is 17.8 Å². The van der Waals surface area contributed by atoms with Crippen molar-refractivity contribution in [3.05, 3.63) is 65.0 Å². The lowest BCUT2D eigenvalue weighted by Gasteiger charge is -2.48. The van der Waals surface area contributed by atoms with Crippen LogP contribution < -0.4 is 4.74 Å². The Hall–Kier alpha value is -2.16. The van der Waals surface area contributed by atoms with Crippen LogP contribution in [0, 0.1) is 23.1 Å². The lowest BCUT2D eigenvalue weighted by Crippen LogP contribution is -2.42. The van der Waals surface area contributed by atoms with E-state index in [2.05, 4.69) is 19.1 Å². The molecule has 0 aromatic heterocycles. The summed E-state index contributed by atoms with van der Waals surface area (Å²) in [6.07, 6.45) is 6.22. The Morgan fingerprint density at radius 1 is 1.11 bits per heavy atom. The molecule has 0 heterocycles. The quantitative estimate of drug-likeness (QED) is 0.672. The Kier molecular flexibility index (Phi) is 4.30. The molecular weight excluding hydrogens is 351 g/mol. The third-order valence-corrected chi connectivity index (χ3v) is 7.76. The van der Waals surface area contributed by atoms with Gasteiger partial charge in [-0.05, 0) is 79.2 Å². The molecule has 0 radical (unpaired) electrons. The first kappa shape index (κ1) is 17.9. The number of carbonyl (C=O) groups excluding carboxylic acids is 1. The van der Waals surface area contributed by atoms with E-state index in [1.165, 1.54) is 23.6 Å². The maximum absolute atomic E-state index is 13.8. The van der Waals surface area contributed by atoms with Crippen LogP contribution >= 0.6 is 0 Å². The van der Waals surface area contributed by atoms with E-state index in [0.717, 1.165) is 37.9 Å². The molecule has 3 heteroatoms. The zero-order valence-electron chi connectivity index (χ0n) is 16.4. The van der Waals surface area contributed by atoms with E-state index >= 15 is 0 Å². The van der Waals surface area contributed by atoms with Crippen LogP contribution in [0.1, 0.15) is 61.6 Å². The van der Waals surface area contributed by atoms with Gasteiger partial charge in [-0.1, -0.05) is 31.2 Å². The van der Waals surface area contributed by atoms with Crippen molar-refractivity contribution < 1.29 is 13.9 Å². The summed E-state index contributed by atoms with van der Waals surface area (Å²) in [5.41, 5.74) is 3.34. The molecule has 2 nitrogen and oxygen atoms in total. The van der Waals surface area contributed by atoms with Crippen molar-refractivity contribution in [1.29, 1.82) is 0 Å². The second-order valence-corrected chi connectivity index (χ2v) is 9.07. The second-order valence-electron chi connectivity index (χ2n) is 9.07. The number of Topliss-reactive ketones (excluding diaryl/α,β-unsaturated/α-hetero) is 1. The summed E-state index contributed by atoms with van der Waals surface area (Å²) in [6, 6.07) is 13.2. The third-order valence-electron chi connectivity index (χ3n) is 7.76. The van der Waals surface area contributed by atoms with Crippen molar-refractivity contribution in [3.63, 3.8) is 0 Å². The summed E-state index contributed by atoms with van der Waals surface area (Å²) in [6.45, 7) is 2.47. The van der Waals surface area contributed by atoms with Crippen LogP contribution in [0.25, 0.3) is 0 Å². The number of carbonyl (C=O) groups is 1. The first-order valence-electron chi connectivity index (χ1n) is 10.6. The van der Waals surface area contributed by atoms with Crippen LogP contribution in [0.2, 0.25) is 0 Å². The molecule has 0 spiro atoms. The highest BCUT2D eigenvalue weighted by Crippen LogP contribution is 2.59. The maximum Gasteiger partial charge on any atom is 0.139 e. The Labute approximate surface area is 166 Å². The smallest absolute Gasteiger partial charge is 0.139 e. The van der Waals surface area contributed by atoms with Gasteiger partial charge in [0.15, 0.2) is 0 Å². The van der Waals surface area contributed by atoms with E-state index in [0.29, 0.717) is 29.1 Å². The van der Waals surface area contributed by atoms with Gasteiger partial charge in [0.1, 0.15) is 24.0 Å². The number of halogens is 1. The van der Waals surface area contributed by atoms with Crippen molar-refractivity contribution in [1.82, 2.24) is 0 Å². The van der Waals surface area contributed by atoms with Crippen molar-refractivity contribution >= 4 is 5.78 Å². The van der Waals surface area contributed by atoms with E-state index in [9.17, 15) is 9.18 Å². The number of aryl methyl sites for hydroxylation is 1. The molecule has 0 amide bonds.